The zero-order chi connectivity index (χ0) is 24.7. The molecule has 4 rings (SSSR count). The molecule has 176 valence electrons. The summed E-state index contributed by atoms with van der Waals surface area (Å²) in [5, 5.41) is 0. The molecule has 0 saturated heterocycles. The van der Waals surface area contributed by atoms with E-state index in [9.17, 15) is 0 Å². The van der Waals surface area contributed by atoms with Crippen molar-refractivity contribution in [2.24, 2.45) is 7.05 Å². The van der Waals surface area contributed by atoms with Crippen LogP contribution in [-0.4, -0.2) is 4.57 Å². The Hall–Kier alpha value is -3.20. The van der Waals surface area contributed by atoms with Gasteiger partial charge in [-0.1, -0.05) is 58.0 Å². The fourth-order valence-corrected chi connectivity index (χ4v) is 4.86. The Morgan fingerprint density at radius 2 is 1.32 bits per heavy atom. The van der Waals surface area contributed by atoms with E-state index in [1.807, 2.05) is 24.6 Å². The van der Waals surface area contributed by atoms with Crippen molar-refractivity contribution in [2.75, 3.05) is 0 Å². The molecular formula is C31H36FN2+. The number of hydrogen-bond donors (Lipinski definition) is 0. The maximum absolute atomic E-state index is 15.8. The van der Waals surface area contributed by atoms with E-state index in [1.54, 1.807) is 6.07 Å². The molecule has 0 aliphatic heterocycles. The van der Waals surface area contributed by atoms with Gasteiger partial charge in [0.1, 0.15) is 12.7 Å². The molecule has 0 amide bonds. The third kappa shape index (κ3) is 4.20. The van der Waals surface area contributed by atoms with Crippen LogP contribution in [0, 0.1) is 26.7 Å². The lowest BCUT2D eigenvalue weighted by atomic mass is 9.88. The van der Waals surface area contributed by atoms with Crippen molar-refractivity contribution < 1.29 is 8.96 Å². The number of halogens is 1. The first kappa shape index (κ1) is 23.9. The van der Waals surface area contributed by atoms with Crippen molar-refractivity contribution in [3.63, 3.8) is 0 Å². The van der Waals surface area contributed by atoms with Gasteiger partial charge in [-0.25, -0.2) is 0 Å². The van der Waals surface area contributed by atoms with Gasteiger partial charge in [-0.2, -0.15) is 8.96 Å². The molecule has 0 saturated carbocycles. The summed E-state index contributed by atoms with van der Waals surface area (Å²) in [5.41, 5.74) is 11.0. The van der Waals surface area contributed by atoms with Gasteiger partial charge in [-0.05, 0) is 84.2 Å². The lowest BCUT2D eigenvalue weighted by Crippen LogP contribution is -2.32. The molecule has 0 aliphatic carbocycles. The Kier molecular flexibility index (Phi) is 6.49. The van der Waals surface area contributed by atoms with Crippen LogP contribution in [0.1, 0.15) is 67.3 Å². The van der Waals surface area contributed by atoms with Gasteiger partial charge in [0.2, 0.25) is 5.69 Å². The molecule has 0 spiro atoms. The van der Waals surface area contributed by atoms with Crippen molar-refractivity contribution in [1.82, 2.24) is 4.57 Å². The molecule has 0 unspecified atom stereocenters. The van der Waals surface area contributed by atoms with Gasteiger partial charge in [0.15, 0.2) is 12.1 Å². The number of nitrogens with zero attached hydrogens (tertiary/aromatic N) is 2. The fourth-order valence-electron chi connectivity index (χ4n) is 4.86. The van der Waals surface area contributed by atoms with E-state index in [2.05, 4.69) is 94.8 Å². The minimum Gasteiger partial charge on any atom is -0.280 e. The SMILES string of the molecule is Cc1cc(-c2c(C)cc(F)n2-c2c(C(C)C)cc(-c3ccccc3)cc2C(C)C)[n+](C)cc1C. The summed E-state index contributed by atoms with van der Waals surface area (Å²) in [6.45, 7) is 15.0. The predicted molar refractivity (Wildman–Crippen MR) is 140 cm³/mol. The summed E-state index contributed by atoms with van der Waals surface area (Å²) < 4.78 is 19.8. The van der Waals surface area contributed by atoms with Crippen LogP contribution in [-0.2, 0) is 7.05 Å². The molecule has 2 nitrogen and oxygen atoms in total. The first-order valence-corrected chi connectivity index (χ1v) is 12.2. The lowest BCUT2D eigenvalue weighted by Gasteiger charge is -2.24. The van der Waals surface area contributed by atoms with Gasteiger partial charge in [0.05, 0.1) is 5.69 Å². The first-order chi connectivity index (χ1) is 16.1. The standard InChI is InChI=1S/C31H36FN2/c1-19(2)26-16-25(24-12-10-9-11-13-24)17-27(20(3)4)31(26)34-29(32)15-22(6)30(34)28-14-21(5)23(7)18-33(28)8/h9-20H,1-8H3/q+1. The summed E-state index contributed by atoms with van der Waals surface area (Å²) in [4.78, 5) is 0. The highest BCUT2D eigenvalue weighted by Gasteiger charge is 2.27. The first-order valence-electron chi connectivity index (χ1n) is 12.2. The molecule has 0 aliphatic rings. The summed E-state index contributed by atoms with van der Waals surface area (Å²) in [6.07, 6.45) is 2.13. The largest absolute Gasteiger partial charge is 0.280 e. The van der Waals surface area contributed by atoms with Crippen LogP contribution < -0.4 is 4.57 Å². The van der Waals surface area contributed by atoms with Crippen LogP contribution >= 0.6 is 0 Å². The molecule has 4 aromatic rings. The van der Waals surface area contributed by atoms with E-state index in [-0.39, 0.29) is 17.8 Å². The van der Waals surface area contributed by atoms with Crippen LogP contribution in [0.4, 0.5) is 4.39 Å². The number of aromatic nitrogens is 2. The summed E-state index contributed by atoms with van der Waals surface area (Å²) >= 11 is 0. The highest BCUT2D eigenvalue weighted by atomic mass is 19.1. The Labute approximate surface area is 203 Å². The number of hydrogen-bond acceptors (Lipinski definition) is 0. The second-order valence-corrected chi connectivity index (χ2v) is 10.1. The minimum absolute atomic E-state index is 0.220. The highest BCUT2D eigenvalue weighted by molar-refractivity contribution is 5.72. The van der Waals surface area contributed by atoms with Gasteiger partial charge in [-0.3, -0.25) is 4.57 Å². The molecule has 2 aromatic carbocycles. The zero-order valence-electron chi connectivity index (χ0n) is 21.7. The van der Waals surface area contributed by atoms with Gasteiger partial charge in [-0.15, -0.1) is 0 Å². The number of pyridine rings is 1. The lowest BCUT2D eigenvalue weighted by molar-refractivity contribution is -0.661. The zero-order valence-corrected chi connectivity index (χ0v) is 21.7. The van der Waals surface area contributed by atoms with Crippen molar-refractivity contribution in [1.29, 1.82) is 0 Å². The Bertz CT molecular complexity index is 1310. The highest BCUT2D eigenvalue weighted by Crippen LogP contribution is 2.39. The van der Waals surface area contributed by atoms with E-state index in [0.29, 0.717) is 0 Å². The Morgan fingerprint density at radius 3 is 1.88 bits per heavy atom. The smallest absolute Gasteiger partial charge is 0.229 e. The maximum atomic E-state index is 15.8. The molecule has 0 atom stereocenters. The molecular weight excluding hydrogens is 419 g/mol. The van der Waals surface area contributed by atoms with Crippen molar-refractivity contribution in [3.05, 3.63) is 94.6 Å². The third-order valence-electron chi connectivity index (χ3n) is 6.88. The van der Waals surface area contributed by atoms with E-state index in [4.69, 9.17) is 0 Å². The summed E-state index contributed by atoms with van der Waals surface area (Å²) in [7, 11) is 2.04. The van der Waals surface area contributed by atoms with Crippen LogP contribution in [0.2, 0.25) is 0 Å². The van der Waals surface area contributed by atoms with Gasteiger partial charge in [0, 0.05) is 11.6 Å². The predicted octanol–water partition coefficient (Wildman–Crippen LogP) is 7.95. The molecule has 34 heavy (non-hydrogen) atoms. The third-order valence-corrected chi connectivity index (χ3v) is 6.88. The second-order valence-electron chi connectivity index (χ2n) is 10.1. The Balaban J connectivity index is 2.09. The fraction of sp³-hybridized carbons (Fsp3) is 0.323. The molecule has 3 heteroatoms. The van der Waals surface area contributed by atoms with Crippen LogP contribution in [0.3, 0.4) is 0 Å². The Morgan fingerprint density at radius 1 is 0.735 bits per heavy atom. The van der Waals surface area contributed by atoms with Gasteiger partial charge in [0.25, 0.3) is 0 Å². The molecule has 0 radical (unpaired) electrons. The molecule has 2 heterocycles. The van der Waals surface area contributed by atoms with Crippen LogP contribution in [0.15, 0.2) is 60.8 Å². The van der Waals surface area contributed by atoms with E-state index in [0.717, 1.165) is 33.8 Å². The average Bonchev–Trinajstić information content (AvgIpc) is 3.08. The molecule has 0 fully saturated rings. The normalized spacial score (nSPS) is 11.6. The monoisotopic (exact) mass is 455 g/mol. The minimum atomic E-state index is -0.220. The van der Waals surface area contributed by atoms with Gasteiger partial charge >= 0.3 is 0 Å². The molecule has 0 N–H and O–H groups in total. The van der Waals surface area contributed by atoms with Crippen LogP contribution in [0.5, 0.6) is 0 Å². The van der Waals surface area contributed by atoms with E-state index < -0.39 is 0 Å². The topological polar surface area (TPSA) is 8.81 Å². The number of rotatable bonds is 5. The quantitative estimate of drug-likeness (QED) is 0.270. The average molecular weight is 456 g/mol. The van der Waals surface area contributed by atoms with Crippen molar-refractivity contribution >= 4 is 0 Å². The summed E-state index contributed by atoms with van der Waals surface area (Å²) in [6, 6.07) is 18.8. The van der Waals surface area contributed by atoms with E-state index >= 15 is 4.39 Å². The number of aryl methyl sites for hydroxylation is 4. The van der Waals surface area contributed by atoms with Crippen molar-refractivity contribution in [3.8, 4) is 28.2 Å². The van der Waals surface area contributed by atoms with Gasteiger partial charge < -0.3 is 0 Å². The molecule has 2 aromatic heterocycles. The van der Waals surface area contributed by atoms with Crippen molar-refractivity contribution in [2.45, 2.75) is 60.3 Å². The second kappa shape index (κ2) is 9.21. The van der Waals surface area contributed by atoms with E-state index in [1.165, 1.54) is 22.3 Å². The molecule has 0 bridgehead atoms. The number of benzene rings is 2. The summed E-state index contributed by atoms with van der Waals surface area (Å²) in [5.74, 6) is 0.251. The van der Waals surface area contributed by atoms with Crippen LogP contribution in [0.25, 0.3) is 28.2 Å². The maximum Gasteiger partial charge on any atom is 0.229 e.